The molecule has 6 heteroatoms. The van der Waals surface area contributed by atoms with E-state index in [1.165, 1.54) is 16.2 Å². The van der Waals surface area contributed by atoms with Crippen LogP contribution in [0.3, 0.4) is 0 Å². The summed E-state index contributed by atoms with van der Waals surface area (Å²) in [6.07, 6.45) is 1.21. The molecule has 0 saturated carbocycles. The predicted octanol–water partition coefficient (Wildman–Crippen LogP) is 2.91. The fraction of sp³-hybridized carbons (Fsp3) is 0.583. The summed E-state index contributed by atoms with van der Waals surface area (Å²) in [5.74, 6) is 1.18. The first-order valence-electron chi connectivity index (χ1n) is 5.88. The molecule has 1 amide bonds. The summed E-state index contributed by atoms with van der Waals surface area (Å²) in [7, 11) is 0. The van der Waals surface area contributed by atoms with Crippen molar-refractivity contribution in [2.75, 3.05) is 12.3 Å². The lowest BCUT2D eigenvalue weighted by Gasteiger charge is -2.10. The highest BCUT2D eigenvalue weighted by Crippen LogP contribution is 2.24. The van der Waals surface area contributed by atoms with Crippen LogP contribution in [-0.2, 0) is 10.5 Å². The van der Waals surface area contributed by atoms with Gasteiger partial charge in [-0.15, -0.1) is 23.1 Å². The van der Waals surface area contributed by atoms with E-state index in [-0.39, 0.29) is 5.91 Å². The third kappa shape index (κ3) is 6.64. The number of thioether (sulfide) groups is 1. The zero-order chi connectivity index (χ0) is 13.4. The molecule has 0 aliphatic rings. The van der Waals surface area contributed by atoms with Crippen LogP contribution in [0.15, 0.2) is 12.1 Å². The standard InChI is InChI=1S/C12H18ClNO2S2/c1-2-3-9(15)6-14-12(16)8-17-7-10-4-5-11(13)18-10/h4-5,9,15H,2-3,6-8H2,1H3,(H,14,16). The number of amides is 1. The van der Waals surface area contributed by atoms with Crippen molar-refractivity contribution < 1.29 is 9.90 Å². The van der Waals surface area contributed by atoms with Gasteiger partial charge in [0.05, 0.1) is 16.2 Å². The van der Waals surface area contributed by atoms with Gasteiger partial charge in [0.1, 0.15) is 0 Å². The summed E-state index contributed by atoms with van der Waals surface area (Å²) in [6.45, 7) is 2.35. The Balaban J connectivity index is 2.10. The molecular weight excluding hydrogens is 290 g/mol. The maximum atomic E-state index is 11.5. The lowest BCUT2D eigenvalue weighted by molar-refractivity contribution is -0.119. The number of carbonyl (C=O) groups excluding carboxylic acids is 1. The van der Waals surface area contributed by atoms with Gasteiger partial charge < -0.3 is 10.4 Å². The van der Waals surface area contributed by atoms with Gasteiger partial charge in [0.15, 0.2) is 0 Å². The fourth-order valence-corrected chi connectivity index (χ4v) is 3.45. The van der Waals surface area contributed by atoms with E-state index in [1.54, 1.807) is 11.8 Å². The minimum absolute atomic E-state index is 0.0298. The van der Waals surface area contributed by atoms with Gasteiger partial charge in [0.25, 0.3) is 0 Å². The third-order valence-corrected chi connectivity index (χ3v) is 4.66. The third-order valence-electron chi connectivity index (χ3n) is 2.26. The van der Waals surface area contributed by atoms with Gasteiger partial charge in [-0.05, 0) is 18.6 Å². The molecule has 0 aliphatic heterocycles. The van der Waals surface area contributed by atoms with Crippen molar-refractivity contribution in [2.24, 2.45) is 0 Å². The number of hydrogen-bond acceptors (Lipinski definition) is 4. The average Bonchev–Trinajstić information content (AvgIpc) is 2.73. The first-order valence-corrected chi connectivity index (χ1v) is 8.23. The van der Waals surface area contributed by atoms with E-state index in [0.717, 1.165) is 22.9 Å². The lowest BCUT2D eigenvalue weighted by Crippen LogP contribution is -2.33. The van der Waals surface area contributed by atoms with Crippen molar-refractivity contribution in [3.8, 4) is 0 Å². The summed E-state index contributed by atoms with van der Waals surface area (Å²) in [6, 6.07) is 3.84. The minimum atomic E-state index is -0.431. The molecule has 0 radical (unpaired) electrons. The molecule has 102 valence electrons. The lowest BCUT2D eigenvalue weighted by atomic mass is 10.2. The van der Waals surface area contributed by atoms with E-state index in [4.69, 9.17) is 11.6 Å². The molecule has 1 atom stereocenters. The molecule has 2 N–H and O–H groups in total. The van der Waals surface area contributed by atoms with Gasteiger partial charge >= 0.3 is 0 Å². The molecule has 0 aliphatic carbocycles. The monoisotopic (exact) mass is 307 g/mol. The van der Waals surface area contributed by atoms with E-state index >= 15 is 0 Å². The first kappa shape index (κ1) is 15.8. The number of carbonyl (C=O) groups is 1. The van der Waals surface area contributed by atoms with E-state index in [9.17, 15) is 9.90 Å². The molecule has 3 nitrogen and oxygen atoms in total. The number of nitrogens with one attached hydrogen (secondary N) is 1. The number of thiophene rings is 1. The van der Waals surface area contributed by atoms with Crippen molar-refractivity contribution in [1.82, 2.24) is 5.32 Å². The van der Waals surface area contributed by atoms with Crippen molar-refractivity contribution >= 4 is 40.6 Å². The summed E-state index contributed by atoms with van der Waals surface area (Å²) < 4.78 is 0.776. The first-order chi connectivity index (χ1) is 8.61. The fourth-order valence-electron chi connectivity index (χ4n) is 1.39. The largest absolute Gasteiger partial charge is 0.391 e. The Morgan fingerprint density at radius 3 is 3.00 bits per heavy atom. The van der Waals surface area contributed by atoms with Crippen LogP contribution in [0.25, 0.3) is 0 Å². The van der Waals surface area contributed by atoms with Crippen LogP contribution < -0.4 is 5.32 Å². The Labute approximate surface area is 121 Å². The smallest absolute Gasteiger partial charge is 0.230 e. The Bertz CT molecular complexity index is 371. The summed E-state index contributed by atoms with van der Waals surface area (Å²) in [5.41, 5.74) is 0. The highest BCUT2D eigenvalue weighted by Gasteiger charge is 2.06. The van der Waals surface area contributed by atoms with Crippen LogP contribution in [0.4, 0.5) is 0 Å². The number of rotatable bonds is 8. The summed E-state index contributed by atoms with van der Waals surface area (Å²) >= 11 is 8.91. The van der Waals surface area contributed by atoms with Gasteiger partial charge in [-0.2, -0.15) is 0 Å². The molecule has 1 aromatic rings. The van der Waals surface area contributed by atoms with Crippen LogP contribution in [0.1, 0.15) is 24.6 Å². The second-order valence-electron chi connectivity index (χ2n) is 3.95. The maximum absolute atomic E-state index is 11.5. The molecule has 1 heterocycles. The molecular formula is C12H18ClNO2S2. The predicted molar refractivity (Wildman–Crippen MR) is 79.4 cm³/mol. The quantitative estimate of drug-likeness (QED) is 0.776. The van der Waals surface area contributed by atoms with Gasteiger partial charge in [-0.1, -0.05) is 24.9 Å². The number of halogens is 1. The molecule has 0 bridgehead atoms. The topological polar surface area (TPSA) is 49.3 Å². The Kier molecular flexibility index (Phi) is 7.74. The molecule has 18 heavy (non-hydrogen) atoms. The Morgan fingerprint density at radius 1 is 1.61 bits per heavy atom. The Hall–Kier alpha value is -0.230. The molecule has 0 aromatic carbocycles. The molecule has 0 fully saturated rings. The number of hydrogen-bond donors (Lipinski definition) is 2. The van der Waals surface area contributed by atoms with Gasteiger partial charge in [0.2, 0.25) is 5.91 Å². The van der Waals surface area contributed by atoms with Crippen LogP contribution in [-0.4, -0.2) is 29.4 Å². The van der Waals surface area contributed by atoms with Crippen LogP contribution in [0.5, 0.6) is 0 Å². The van der Waals surface area contributed by atoms with Crippen molar-refractivity contribution in [3.63, 3.8) is 0 Å². The average molecular weight is 308 g/mol. The van der Waals surface area contributed by atoms with E-state index in [1.807, 2.05) is 19.1 Å². The van der Waals surface area contributed by atoms with E-state index in [2.05, 4.69) is 5.32 Å². The van der Waals surface area contributed by atoms with E-state index < -0.39 is 6.10 Å². The molecule has 0 saturated heterocycles. The minimum Gasteiger partial charge on any atom is -0.391 e. The van der Waals surface area contributed by atoms with Crippen molar-refractivity contribution in [1.29, 1.82) is 0 Å². The number of aliphatic hydroxyl groups excluding tert-OH is 1. The zero-order valence-corrected chi connectivity index (χ0v) is 12.7. The van der Waals surface area contributed by atoms with Gasteiger partial charge in [0, 0.05) is 17.2 Å². The SMILES string of the molecule is CCCC(O)CNC(=O)CSCc1ccc(Cl)s1. The summed E-state index contributed by atoms with van der Waals surface area (Å²) in [5, 5.41) is 12.2. The van der Waals surface area contributed by atoms with Gasteiger partial charge in [-0.3, -0.25) is 4.79 Å². The van der Waals surface area contributed by atoms with Crippen LogP contribution in [0.2, 0.25) is 4.34 Å². The second kappa shape index (κ2) is 8.80. The zero-order valence-electron chi connectivity index (χ0n) is 10.3. The van der Waals surface area contributed by atoms with Crippen molar-refractivity contribution in [3.05, 3.63) is 21.3 Å². The molecule has 1 unspecified atom stereocenters. The highest BCUT2D eigenvalue weighted by molar-refractivity contribution is 7.99. The normalized spacial score (nSPS) is 12.4. The number of aliphatic hydroxyl groups is 1. The Morgan fingerprint density at radius 2 is 2.39 bits per heavy atom. The molecule has 1 rings (SSSR count). The van der Waals surface area contributed by atoms with Crippen molar-refractivity contribution in [2.45, 2.75) is 31.6 Å². The highest BCUT2D eigenvalue weighted by atomic mass is 35.5. The summed E-state index contributed by atoms with van der Waals surface area (Å²) in [4.78, 5) is 12.7. The van der Waals surface area contributed by atoms with Crippen LogP contribution in [0, 0.1) is 0 Å². The second-order valence-corrected chi connectivity index (χ2v) is 6.73. The van der Waals surface area contributed by atoms with E-state index in [0.29, 0.717) is 12.3 Å². The molecule has 0 spiro atoms. The maximum Gasteiger partial charge on any atom is 0.230 e. The molecule has 1 aromatic heterocycles. The van der Waals surface area contributed by atoms with Gasteiger partial charge in [-0.25, -0.2) is 0 Å². The van der Waals surface area contributed by atoms with Crippen LogP contribution >= 0.6 is 34.7 Å².